The van der Waals surface area contributed by atoms with Crippen molar-refractivity contribution in [3.63, 3.8) is 0 Å². The largest absolute Gasteiger partial charge is 0.387 e. The average molecular weight is 304 g/mol. The maximum atomic E-state index is 6.29. The molecule has 100 valence electrons. The van der Waals surface area contributed by atoms with Crippen LogP contribution in [0.25, 0.3) is 0 Å². The molecule has 1 heterocycles. The lowest BCUT2D eigenvalue weighted by atomic mass is 9.93. The Kier molecular flexibility index (Phi) is 2.76. The summed E-state index contributed by atoms with van der Waals surface area (Å²) in [6, 6.07) is 13.9. The Labute approximate surface area is 127 Å². The van der Waals surface area contributed by atoms with Gasteiger partial charge in [-0.1, -0.05) is 58.7 Å². The molecule has 0 saturated carbocycles. The summed E-state index contributed by atoms with van der Waals surface area (Å²) in [5.74, 6) is 0.242. The van der Waals surface area contributed by atoms with Crippen LogP contribution in [0, 0.1) is 5.92 Å². The van der Waals surface area contributed by atoms with Crippen molar-refractivity contribution in [3.05, 3.63) is 69.2 Å². The summed E-state index contributed by atoms with van der Waals surface area (Å²) in [5.41, 5.74) is 4.41. The molecule has 4 heteroatoms. The molecule has 0 N–H and O–H groups in total. The molecular formula is C16H11Cl2NO. The zero-order valence-electron chi connectivity index (χ0n) is 10.5. The van der Waals surface area contributed by atoms with Gasteiger partial charge in [-0.2, -0.15) is 0 Å². The second-order valence-electron chi connectivity index (χ2n) is 5.14. The van der Waals surface area contributed by atoms with E-state index in [2.05, 4.69) is 23.4 Å². The van der Waals surface area contributed by atoms with Gasteiger partial charge >= 0.3 is 0 Å². The molecule has 2 aliphatic rings. The first-order chi connectivity index (χ1) is 9.74. The number of nitrogens with zero attached hydrogens (tertiary/aromatic N) is 1. The normalized spacial score (nSPS) is 23.0. The van der Waals surface area contributed by atoms with Crippen LogP contribution in [0.15, 0.2) is 47.6 Å². The first-order valence-corrected chi connectivity index (χ1v) is 7.26. The topological polar surface area (TPSA) is 21.6 Å². The van der Waals surface area contributed by atoms with E-state index in [0.29, 0.717) is 10.0 Å². The van der Waals surface area contributed by atoms with Crippen molar-refractivity contribution < 1.29 is 4.84 Å². The van der Waals surface area contributed by atoms with Crippen LogP contribution in [-0.4, -0.2) is 5.71 Å². The minimum atomic E-state index is 0.0212. The Morgan fingerprint density at radius 2 is 1.95 bits per heavy atom. The quantitative estimate of drug-likeness (QED) is 0.752. The van der Waals surface area contributed by atoms with E-state index in [0.717, 1.165) is 17.7 Å². The number of fused-ring (bicyclic) bond motifs is 3. The second kappa shape index (κ2) is 4.51. The number of benzene rings is 2. The van der Waals surface area contributed by atoms with Crippen molar-refractivity contribution in [2.24, 2.45) is 11.1 Å². The summed E-state index contributed by atoms with van der Waals surface area (Å²) < 4.78 is 0. The molecule has 1 aliphatic carbocycles. The van der Waals surface area contributed by atoms with E-state index >= 15 is 0 Å². The van der Waals surface area contributed by atoms with Gasteiger partial charge in [0.1, 0.15) is 0 Å². The van der Waals surface area contributed by atoms with Crippen molar-refractivity contribution >= 4 is 28.9 Å². The van der Waals surface area contributed by atoms with E-state index < -0.39 is 0 Å². The lowest BCUT2D eigenvalue weighted by Gasteiger charge is -2.11. The molecule has 0 spiro atoms. The Balaban J connectivity index is 1.74. The molecule has 0 amide bonds. The summed E-state index contributed by atoms with van der Waals surface area (Å²) in [6.45, 7) is 0. The van der Waals surface area contributed by atoms with Gasteiger partial charge in [0.15, 0.2) is 6.10 Å². The third-order valence-electron chi connectivity index (χ3n) is 3.99. The van der Waals surface area contributed by atoms with E-state index in [-0.39, 0.29) is 12.0 Å². The third kappa shape index (κ3) is 1.75. The highest BCUT2D eigenvalue weighted by molar-refractivity contribution is 6.37. The molecule has 20 heavy (non-hydrogen) atoms. The molecule has 2 nitrogen and oxygen atoms in total. The summed E-state index contributed by atoms with van der Waals surface area (Å²) in [6.07, 6.45) is 0.964. The predicted molar refractivity (Wildman–Crippen MR) is 80.5 cm³/mol. The standard InChI is InChI=1S/C16H11Cl2NO/c17-10-5-6-12(14(18)8-10)15-13-7-9-3-1-2-4-11(9)16(13)20-19-15/h1-6,8,13,16H,7H2/t13-,16+/m1/s1. The molecule has 1 aliphatic heterocycles. The van der Waals surface area contributed by atoms with Crippen LogP contribution in [-0.2, 0) is 11.3 Å². The number of oxime groups is 1. The van der Waals surface area contributed by atoms with Gasteiger partial charge in [0, 0.05) is 10.6 Å². The molecule has 4 rings (SSSR count). The van der Waals surface area contributed by atoms with Gasteiger partial charge in [-0.3, -0.25) is 0 Å². The predicted octanol–water partition coefficient (Wildman–Crippen LogP) is 4.64. The SMILES string of the molecule is Clc1ccc(C2=NO[C@H]3c4ccccc4C[C@H]23)c(Cl)c1. The minimum Gasteiger partial charge on any atom is -0.387 e. The molecule has 0 fully saturated rings. The van der Waals surface area contributed by atoms with Gasteiger partial charge in [0.2, 0.25) is 0 Å². The fourth-order valence-electron chi connectivity index (χ4n) is 3.06. The molecule has 0 saturated heterocycles. The Morgan fingerprint density at radius 3 is 2.80 bits per heavy atom. The van der Waals surface area contributed by atoms with Crippen molar-refractivity contribution in [1.82, 2.24) is 0 Å². The number of hydrogen-bond donors (Lipinski definition) is 0. The summed E-state index contributed by atoms with van der Waals surface area (Å²) >= 11 is 12.2. The molecule has 2 atom stereocenters. The molecular weight excluding hydrogens is 293 g/mol. The fraction of sp³-hybridized carbons (Fsp3) is 0.188. The average Bonchev–Trinajstić information content (AvgIpc) is 2.98. The van der Waals surface area contributed by atoms with Crippen LogP contribution >= 0.6 is 23.2 Å². The monoisotopic (exact) mass is 303 g/mol. The first-order valence-electron chi connectivity index (χ1n) is 6.51. The van der Waals surface area contributed by atoms with Crippen LogP contribution in [0.1, 0.15) is 22.8 Å². The first kappa shape index (κ1) is 12.2. The van der Waals surface area contributed by atoms with Gasteiger partial charge < -0.3 is 4.84 Å². The maximum absolute atomic E-state index is 6.29. The van der Waals surface area contributed by atoms with Crippen molar-refractivity contribution in [2.75, 3.05) is 0 Å². The molecule has 2 aromatic rings. The third-order valence-corrected chi connectivity index (χ3v) is 4.54. The van der Waals surface area contributed by atoms with Crippen LogP contribution in [0.4, 0.5) is 0 Å². The molecule has 0 bridgehead atoms. The van der Waals surface area contributed by atoms with E-state index in [9.17, 15) is 0 Å². The lowest BCUT2D eigenvalue weighted by molar-refractivity contribution is 0.0697. The molecule has 0 aromatic heterocycles. The van der Waals surface area contributed by atoms with Crippen LogP contribution in [0.5, 0.6) is 0 Å². The van der Waals surface area contributed by atoms with E-state index in [1.165, 1.54) is 11.1 Å². The van der Waals surface area contributed by atoms with Gasteiger partial charge in [-0.15, -0.1) is 0 Å². The van der Waals surface area contributed by atoms with Gasteiger partial charge in [-0.25, -0.2) is 0 Å². The molecule has 0 unspecified atom stereocenters. The summed E-state index contributed by atoms with van der Waals surface area (Å²) in [4.78, 5) is 5.65. The lowest BCUT2D eigenvalue weighted by Crippen LogP contribution is -2.15. The summed E-state index contributed by atoms with van der Waals surface area (Å²) in [7, 11) is 0. The minimum absolute atomic E-state index is 0.0212. The second-order valence-corrected chi connectivity index (χ2v) is 5.98. The van der Waals surface area contributed by atoms with Gasteiger partial charge in [0.05, 0.1) is 16.7 Å². The molecule has 0 radical (unpaired) electrons. The van der Waals surface area contributed by atoms with Crippen molar-refractivity contribution in [3.8, 4) is 0 Å². The maximum Gasteiger partial charge on any atom is 0.161 e. The smallest absolute Gasteiger partial charge is 0.161 e. The number of hydrogen-bond acceptors (Lipinski definition) is 2. The van der Waals surface area contributed by atoms with Gasteiger partial charge in [-0.05, 0) is 29.7 Å². The van der Waals surface area contributed by atoms with Crippen molar-refractivity contribution in [2.45, 2.75) is 12.5 Å². The molecule has 2 aromatic carbocycles. The fourth-order valence-corrected chi connectivity index (χ4v) is 3.56. The van der Waals surface area contributed by atoms with Gasteiger partial charge in [0.25, 0.3) is 0 Å². The van der Waals surface area contributed by atoms with E-state index in [1.54, 1.807) is 6.07 Å². The number of halogens is 2. The highest BCUT2D eigenvalue weighted by Gasteiger charge is 2.42. The Hall–Kier alpha value is -1.51. The summed E-state index contributed by atoms with van der Waals surface area (Å²) in [5, 5.41) is 5.52. The highest BCUT2D eigenvalue weighted by Crippen LogP contribution is 2.45. The zero-order valence-corrected chi connectivity index (χ0v) is 12.0. The highest BCUT2D eigenvalue weighted by atomic mass is 35.5. The Bertz CT molecular complexity index is 726. The number of rotatable bonds is 1. The Morgan fingerprint density at radius 1 is 1.10 bits per heavy atom. The zero-order chi connectivity index (χ0) is 13.7. The van der Waals surface area contributed by atoms with Crippen molar-refractivity contribution in [1.29, 1.82) is 0 Å². The van der Waals surface area contributed by atoms with Crippen LogP contribution in [0.2, 0.25) is 10.0 Å². The van der Waals surface area contributed by atoms with Crippen LogP contribution in [0.3, 0.4) is 0 Å². The van der Waals surface area contributed by atoms with E-state index in [1.807, 2.05) is 18.2 Å². The van der Waals surface area contributed by atoms with Crippen LogP contribution < -0.4 is 0 Å². The van der Waals surface area contributed by atoms with E-state index in [4.69, 9.17) is 28.0 Å².